The van der Waals surface area contributed by atoms with Crippen molar-refractivity contribution in [3.05, 3.63) is 18.2 Å². The summed E-state index contributed by atoms with van der Waals surface area (Å²) in [4.78, 5) is 6.95. The molecule has 112 valence electrons. The molecule has 2 aliphatic rings. The summed E-state index contributed by atoms with van der Waals surface area (Å²) in [5, 5.41) is 12.1. The number of nitrogens with zero attached hydrogens (tertiary/aromatic N) is 5. The Labute approximate surface area is 124 Å². The Morgan fingerprint density at radius 3 is 3.05 bits per heavy atom. The van der Waals surface area contributed by atoms with Crippen molar-refractivity contribution in [1.29, 1.82) is 0 Å². The first kappa shape index (κ1) is 13.0. The minimum Gasteiger partial charge on any atom is -0.353 e. The molecule has 2 aromatic heterocycles. The number of aryl methyl sites for hydroxylation is 1. The van der Waals surface area contributed by atoms with E-state index < -0.39 is 0 Å². The molecule has 0 spiro atoms. The summed E-state index contributed by atoms with van der Waals surface area (Å²) < 4.78 is 2.02. The maximum atomic E-state index is 4.57. The van der Waals surface area contributed by atoms with Gasteiger partial charge in [0.1, 0.15) is 5.82 Å². The average Bonchev–Trinajstić information content (AvgIpc) is 3.28. The third-order valence-corrected chi connectivity index (χ3v) is 4.57. The lowest BCUT2D eigenvalue weighted by Gasteiger charge is -2.33. The van der Waals surface area contributed by atoms with E-state index >= 15 is 0 Å². The van der Waals surface area contributed by atoms with Crippen molar-refractivity contribution in [2.24, 2.45) is 5.92 Å². The lowest BCUT2D eigenvalue weighted by Crippen LogP contribution is -2.40. The maximum absolute atomic E-state index is 4.57. The van der Waals surface area contributed by atoms with Crippen LogP contribution in [0.5, 0.6) is 0 Å². The summed E-state index contributed by atoms with van der Waals surface area (Å²) in [7, 11) is 0. The lowest BCUT2D eigenvalue weighted by molar-refractivity contribution is 0.390. The van der Waals surface area contributed by atoms with Gasteiger partial charge in [0.2, 0.25) is 5.65 Å². The van der Waals surface area contributed by atoms with E-state index in [4.69, 9.17) is 0 Å². The van der Waals surface area contributed by atoms with Gasteiger partial charge in [0, 0.05) is 31.5 Å². The molecule has 21 heavy (non-hydrogen) atoms. The van der Waals surface area contributed by atoms with E-state index in [-0.39, 0.29) is 0 Å². The van der Waals surface area contributed by atoms with Crippen LogP contribution in [0.15, 0.2) is 12.4 Å². The largest absolute Gasteiger partial charge is 0.353 e. The first-order valence-corrected chi connectivity index (χ1v) is 7.96. The van der Waals surface area contributed by atoms with E-state index in [2.05, 4.69) is 25.4 Å². The van der Waals surface area contributed by atoms with Crippen LogP contribution in [0, 0.1) is 12.8 Å². The molecule has 1 saturated carbocycles. The van der Waals surface area contributed by atoms with Crippen LogP contribution in [0.2, 0.25) is 0 Å². The number of aromatic nitrogens is 4. The summed E-state index contributed by atoms with van der Waals surface area (Å²) in [5.41, 5.74) is 0.880. The molecule has 1 unspecified atom stereocenters. The minimum absolute atomic E-state index is 0.713. The molecule has 0 aromatic carbocycles. The maximum Gasteiger partial charge on any atom is 0.203 e. The zero-order valence-corrected chi connectivity index (χ0v) is 12.5. The average molecular weight is 286 g/mol. The summed E-state index contributed by atoms with van der Waals surface area (Å²) >= 11 is 0. The van der Waals surface area contributed by atoms with E-state index in [0.717, 1.165) is 43.0 Å². The van der Waals surface area contributed by atoms with Crippen LogP contribution in [0.3, 0.4) is 0 Å². The van der Waals surface area contributed by atoms with Gasteiger partial charge in [0.15, 0.2) is 5.82 Å². The Balaban J connectivity index is 1.53. The highest BCUT2D eigenvalue weighted by atomic mass is 15.3. The normalized spacial score (nSPS) is 22.9. The van der Waals surface area contributed by atoms with Crippen molar-refractivity contribution in [3.8, 4) is 0 Å². The van der Waals surface area contributed by atoms with E-state index in [0.29, 0.717) is 5.92 Å². The summed E-state index contributed by atoms with van der Waals surface area (Å²) in [6, 6.07) is 0.793. The predicted molar refractivity (Wildman–Crippen MR) is 81.5 cm³/mol. The zero-order valence-electron chi connectivity index (χ0n) is 12.5. The molecule has 1 aliphatic heterocycles. The first-order chi connectivity index (χ1) is 10.3. The predicted octanol–water partition coefficient (Wildman–Crippen LogP) is 1.40. The van der Waals surface area contributed by atoms with Crippen LogP contribution in [0.1, 0.15) is 31.5 Å². The van der Waals surface area contributed by atoms with Crippen molar-refractivity contribution >= 4 is 11.5 Å². The second-order valence-corrected chi connectivity index (χ2v) is 6.33. The van der Waals surface area contributed by atoms with E-state index in [1.807, 2.05) is 23.7 Å². The lowest BCUT2D eigenvalue weighted by atomic mass is 9.98. The fraction of sp³-hybridized carbons (Fsp3) is 0.667. The second-order valence-electron chi connectivity index (χ2n) is 6.33. The number of hydrogen-bond donors (Lipinski definition) is 1. The number of rotatable bonds is 4. The molecule has 2 fully saturated rings. The second kappa shape index (κ2) is 5.26. The Morgan fingerprint density at radius 2 is 2.19 bits per heavy atom. The molecule has 1 N–H and O–H groups in total. The van der Waals surface area contributed by atoms with Crippen LogP contribution in [0.4, 0.5) is 5.82 Å². The Bertz CT molecular complexity index is 632. The highest BCUT2D eigenvalue weighted by molar-refractivity contribution is 5.63. The number of anilines is 1. The third kappa shape index (κ3) is 2.60. The van der Waals surface area contributed by atoms with Gasteiger partial charge in [0.05, 0.1) is 0 Å². The molecule has 0 amide bonds. The third-order valence-electron chi connectivity index (χ3n) is 4.57. The van der Waals surface area contributed by atoms with E-state index in [1.165, 1.54) is 25.7 Å². The smallest absolute Gasteiger partial charge is 0.203 e. The Morgan fingerprint density at radius 1 is 1.29 bits per heavy atom. The molecular formula is C15H22N6. The van der Waals surface area contributed by atoms with E-state index in [9.17, 15) is 0 Å². The summed E-state index contributed by atoms with van der Waals surface area (Å²) in [6.07, 6.45) is 9.04. The van der Waals surface area contributed by atoms with Gasteiger partial charge in [-0.25, -0.2) is 4.98 Å². The molecular weight excluding hydrogens is 264 g/mol. The molecule has 4 rings (SSSR count). The van der Waals surface area contributed by atoms with Gasteiger partial charge >= 0.3 is 0 Å². The molecule has 3 heterocycles. The highest BCUT2D eigenvalue weighted by Crippen LogP contribution is 2.25. The van der Waals surface area contributed by atoms with Gasteiger partial charge in [-0.15, -0.1) is 10.2 Å². The van der Waals surface area contributed by atoms with Crippen LogP contribution in [-0.2, 0) is 0 Å². The minimum atomic E-state index is 0.713. The molecule has 6 heteroatoms. The SMILES string of the molecule is Cc1nnc2c(N3CCCC(CNC4CC4)C3)nccn12. The quantitative estimate of drug-likeness (QED) is 0.920. The van der Waals surface area contributed by atoms with Crippen LogP contribution < -0.4 is 10.2 Å². The Hall–Kier alpha value is -1.69. The van der Waals surface area contributed by atoms with Crippen LogP contribution >= 0.6 is 0 Å². The monoisotopic (exact) mass is 286 g/mol. The van der Waals surface area contributed by atoms with Crippen molar-refractivity contribution in [2.75, 3.05) is 24.5 Å². The van der Waals surface area contributed by atoms with Gasteiger partial charge in [0.25, 0.3) is 0 Å². The number of hydrogen-bond acceptors (Lipinski definition) is 5. The molecule has 1 aliphatic carbocycles. The van der Waals surface area contributed by atoms with Crippen molar-refractivity contribution in [3.63, 3.8) is 0 Å². The van der Waals surface area contributed by atoms with Gasteiger partial charge in [-0.1, -0.05) is 0 Å². The zero-order chi connectivity index (χ0) is 14.2. The van der Waals surface area contributed by atoms with Crippen molar-refractivity contribution in [1.82, 2.24) is 24.9 Å². The molecule has 6 nitrogen and oxygen atoms in total. The Kier molecular flexibility index (Phi) is 3.25. The summed E-state index contributed by atoms with van der Waals surface area (Å²) in [5.74, 6) is 2.61. The fourth-order valence-corrected chi connectivity index (χ4v) is 3.20. The standard InChI is InChI=1S/C15H22N6/c1-11-18-19-15-14(16-6-8-21(11)15)20-7-2-3-12(10-20)9-17-13-4-5-13/h6,8,12-13,17H,2-5,7,9-10H2,1H3. The molecule has 0 radical (unpaired) electrons. The van der Waals surface area contributed by atoms with Crippen LogP contribution in [-0.4, -0.2) is 45.3 Å². The van der Waals surface area contributed by atoms with Crippen molar-refractivity contribution < 1.29 is 0 Å². The number of nitrogens with one attached hydrogen (secondary N) is 1. The molecule has 0 bridgehead atoms. The van der Waals surface area contributed by atoms with Crippen molar-refractivity contribution in [2.45, 2.75) is 38.6 Å². The first-order valence-electron chi connectivity index (χ1n) is 7.96. The van der Waals surface area contributed by atoms with E-state index in [1.54, 1.807) is 0 Å². The van der Waals surface area contributed by atoms with Gasteiger partial charge in [-0.2, -0.15) is 0 Å². The van der Waals surface area contributed by atoms with Crippen LogP contribution in [0.25, 0.3) is 5.65 Å². The molecule has 1 atom stereocenters. The summed E-state index contributed by atoms with van der Waals surface area (Å²) in [6.45, 7) is 5.25. The van der Waals surface area contributed by atoms with Gasteiger partial charge in [-0.3, -0.25) is 4.40 Å². The van der Waals surface area contributed by atoms with Gasteiger partial charge in [-0.05, 0) is 45.1 Å². The fourth-order valence-electron chi connectivity index (χ4n) is 3.20. The highest BCUT2D eigenvalue weighted by Gasteiger charge is 2.26. The van der Waals surface area contributed by atoms with Gasteiger partial charge < -0.3 is 10.2 Å². The topological polar surface area (TPSA) is 58.4 Å². The number of piperidine rings is 1. The molecule has 1 saturated heterocycles. The number of fused-ring (bicyclic) bond motifs is 1. The molecule has 2 aromatic rings.